The summed E-state index contributed by atoms with van der Waals surface area (Å²) in [5, 5.41) is 4.02. The highest BCUT2D eigenvalue weighted by molar-refractivity contribution is 9.10. The van der Waals surface area contributed by atoms with Gasteiger partial charge in [-0.2, -0.15) is 0 Å². The van der Waals surface area contributed by atoms with Gasteiger partial charge in [0, 0.05) is 21.7 Å². The summed E-state index contributed by atoms with van der Waals surface area (Å²) >= 11 is 3.50. The Balaban J connectivity index is 2.15. The number of carbonyl (C=O) groups is 1. The van der Waals surface area contributed by atoms with Crippen LogP contribution in [0.15, 0.2) is 41.0 Å². The predicted molar refractivity (Wildman–Crippen MR) is 104 cm³/mol. The van der Waals surface area contributed by atoms with Crippen LogP contribution in [0.2, 0.25) is 0 Å². The molecule has 2 aromatic heterocycles. The monoisotopic (exact) mass is 415 g/mol. The van der Waals surface area contributed by atoms with E-state index in [0.29, 0.717) is 16.9 Å². The minimum atomic E-state index is -0.436. The van der Waals surface area contributed by atoms with Gasteiger partial charge in [-0.1, -0.05) is 0 Å². The molecule has 0 saturated carbocycles. The predicted octanol–water partition coefficient (Wildman–Crippen LogP) is 4.63. The fraction of sp³-hybridized carbons (Fsp3) is 0.211. The van der Waals surface area contributed by atoms with Crippen LogP contribution in [0, 0.1) is 6.92 Å². The minimum Gasteiger partial charge on any atom is -0.497 e. The Kier molecular flexibility index (Phi) is 5.37. The van der Waals surface area contributed by atoms with Crippen LogP contribution in [0.1, 0.15) is 23.0 Å². The number of fused-ring (bicyclic) bond motifs is 1. The van der Waals surface area contributed by atoms with E-state index in [1.807, 2.05) is 37.3 Å². The Morgan fingerprint density at radius 2 is 2.00 bits per heavy atom. The van der Waals surface area contributed by atoms with Gasteiger partial charge in [0.15, 0.2) is 5.65 Å². The summed E-state index contributed by atoms with van der Waals surface area (Å²) in [4.78, 5) is 21.2. The lowest BCUT2D eigenvalue weighted by Gasteiger charge is -2.15. The molecule has 0 bridgehead atoms. The normalized spacial score (nSPS) is 10.6. The maximum Gasteiger partial charge on any atom is 0.341 e. The summed E-state index contributed by atoms with van der Waals surface area (Å²) in [6.45, 7) is 3.94. The molecule has 7 heteroatoms. The topological polar surface area (TPSA) is 73.3 Å². The van der Waals surface area contributed by atoms with Gasteiger partial charge >= 0.3 is 5.97 Å². The summed E-state index contributed by atoms with van der Waals surface area (Å²) < 4.78 is 11.2. The maximum absolute atomic E-state index is 12.4. The molecule has 1 N–H and O–H groups in total. The average Bonchev–Trinajstić information content (AvgIpc) is 2.64. The van der Waals surface area contributed by atoms with Crippen molar-refractivity contribution in [2.75, 3.05) is 19.0 Å². The van der Waals surface area contributed by atoms with Gasteiger partial charge < -0.3 is 14.8 Å². The number of aryl methyl sites for hydroxylation is 1. The fourth-order valence-corrected chi connectivity index (χ4v) is 2.82. The van der Waals surface area contributed by atoms with Crippen molar-refractivity contribution in [2.24, 2.45) is 0 Å². The number of halogens is 1. The average molecular weight is 416 g/mol. The molecule has 134 valence electrons. The third kappa shape index (κ3) is 3.62. The van der Waals surface area contributed by atoms with Crippen LogP contribution in [0.5, 0.6) is 5.75 Å². The second-order valence-corrected chi connectivity index (χ2v) is 6.40. The number of nitrogens with one attached hydrogen (secondary N) is 1. The SMILES string of the molecule is CCOC(=O)c1cnc2nc(C)c(Br)cc2c1Nc1ccc(OC)cc1. The molecule has 0 aliphatic rings. The minimum absolute atomic E-state index is 0.286. The number of benzene rings is 1. The smallest absolute Gasteiger partial charge is 0.341 e. The van der Waals surface area contributed by atoms with Crippen molar-refractivity contribution in [1.29, 1.82) is 0 Å². The molecule has 0 amide bonds. The van der Waals surface area contributed by atoms with E-state index >= 15 is 0 Å². The number of esters is 1. The molecule has 0 aliphatic carbocycles. The zero-order valence-corrected chi connectivity index (χ0v) is 16.3. The van der Waals surface area contributed by atoms with Crippen LogP contribution in [-0.2, 0) is 4.74 Å². The third-order valence-corrected chi connectivity index (χ3v) is 4.64. The summed E-state index contributed by atoms with van der Waals surface area (Å²) in [5.74, 6) is 0.315. The highest BCUT2D eigenvalue weighted by Crippen LogP contribution is 2.32. The molecule has 0 unspecified atom stereocenters. The van der Waals surface area contributed by atoms with Crippen LogP contribution < -0.4 is 10.1 Å². The van der Waals surface area contributed by atoms with Crippen LogP contribution in [0.4, 0.5) is 11.4 Å². The standard InChI is InChI=1S/C19H18BrN3O3/c1-4-26-19(24)15-10-21-18-14(9-16(20)11(2)22-18)17(15)23-12-5-7-13(25-3)8-6-12/h5-10H,4H2,1-3H3,(H,21,22,23). The lowest BCUT2D eigenvalue weighted by Crippen LogP contribution is -2.10. The van der Waals surface area contributed by atoms with Gasteiger partial charge in [0.25, 0.3) is 0 Å². The van der Waals surface area contributed by atoms with Gasteiger partial charge in [0.05, 0.1) is 25.1 Å². The molecule has 2 heterocycles. The van der Waals surface area contributed by atoms with Crippen molar-refractivity contribution in [3.8, 4) is 5.75 Å². The van der Waals surface area contributed by atoms with E-state index < -0.39 is 5.97 Å². The van der Waals surface area contributed by atoms with Gasteiger partial charge in [0.2, 0.25) is 0 Å². The Morgan fingerprint density at radius 3 is 2.65 bits per heavy atom. The van der Waals surface area contributed by atoms with Crippen LogP contribution in [0.3, 0.4) is 0 Å². The first-order valence-corrected chi connectivity index (χ1v) is 8.86. The van der Waals surface area contributed by atoms with Gasteiger partial charge in [-0.15, -0.1) is 0 Å². The molecule has 6 nitrogen and oxygen atoms in total. The summed E-state index contributed by atoms with van der Waals surface area (Å²) in [6, 6.07) is 9.33. The van der Waals surface area contributed by atoms with Crippen molar-refractivity contribution in [1.82, 2.24) is 9.97 Å². The molecule has 0 saturated heterocycles. The lowest BCUT2D eigenvalue weighted by molar-refractivity contribution is 0.0527. The fourth-order valence-electron chi connectivity index (χ4n) is 2.50. The maximum atomic E-state index is 12.4. The van der Waals surface area contributed by atoms with Crippen molar-refractivity contribution >= 4 is 44.3 Å². The molecule has 0 atom stereocenters. The zero-order valence-electron chi connectivity index (χ0n) is 14.7. The molecule has 0 radical (unpaired) electrons. The number of carbonyl (C=O) groups excluding carboxylic acids is 1. The second kappa shape index (κ2) is 7.70. The first-order valence-electron chi connectivity index (χ1n) is 8.07. The van der Waals surface area contributed by atoms with E-state index in [0.717, 1.165) is 27.0 Å². The van der Waals surface area contributed by atoms with E-state index in [9.17, 15) is 4.79 Å². The van der Waals surface area contributed by atoms with Gasteiger partial charge in [-0.3, -0.25) is 0 Å². The van der Waals surface area contributed by atoms with Gasteiger partial charge in [0.1, 0.15) is 11.3 Å². The van der Waals surface area contributed by atoms with Crippen LogP contribution in [-0.4, -0.2) is 29.7 Å². The molecule has 3 aromatic rings. The van der Waals surface area contributed by atoms with Gasteiger partial charge in [-0.05, 0) is 60.1 Å². The van der Waals surface area contributed by atoms with E-state index in [1.54, 1.807) is 14.0 Å². The first-order chi connectivity index (χ1) is 12.5. The van der Waals surface area contributed by atoms with Gasteiger partial charge in [-0.25, -0.2) is 14.8 Å². The number of nitrogens with zero attached hydrogens (tertiary/aromatic N) is 2. The van der Waals surface area contributed by atoms with Crippen molar-refractivity contribution in [3.63, 3.8) is 0 Å². The molecule has 0 fully saturated rings. The summed E-state index contributed by atoms with van der Waals surface area (Å²) in [6.07, 6.45) is 1.49. The second-order valence-electron chi connectivity index (χ2n) is 5.55. The Bertz CT molecular complexity index is 958. The number of anilines is 2. The molecule has 0 aliphatic heterocycles. The highest BCUT2D eigenvalue weighted by atomic mass is 79.9. The molecule has 1 aromatic carbocycles. The molecule has 0 spiro atoms. The highest BCUT2D eigenvalue weighted by Gasteiger charge is 2.18. The van der Waals surface area contributed by atoms with Crippen molar-refractivity contribution in [2.45, 2.75) is 13.8 Å². The number of ether oxygens (including phenoxy) is 2. The first kappa shape index (κ1) is 18.1. The molecular weight excluding hydrogens is 398 g/mol. The summed E-state index contributed by atoms with van der Waals surface area (Å²) in [5.41, 5.74) is 3.14. The number of pyridine rings is 2. The molecule has 3 rings (SSSR count). The van der Waals surface area contributed by atoms with Crippen molar-refractivity contribution in [3.05, 3.63) is 52.3 Å². The van der Waals surface area contributed by atoms with E-state index in [-0.39, 0.29) is 6.61 Å². The third-order valence-electron chi connectivity index (χ3n) is 3.84. The van der Waals surface area contributed by atoms with E-state index in [2.05, 4.69) is 31.2 Å². The quantitative estimate of drug-likeness (QED) is 0.612. The van der Waals surface area contributed by atoms with E-state index in [4.69, 9.17) is 9.47 Å². The lowest BCUT2D eigenvalue weighted by atomic mass is 10.1. The number of aromatic nitrogens is 2. The van der Waals surface area contributed by atoms with E-state index in [1.165, 1.54) is 6.20 Å². The number of hydrogen-bond acceptors (Lipinski definition) is 6. The molecule has 26 heavy (non-hydrogen) atoms. The molecular formula is C19H18BrN3O3. The number of methoxy groups -OCH3 is 1. The zero-order chi connectivity index (χ0) is 18.7. The Labute approximate surface area is 159 Å². The number of hydrogen-bond donors (Lipinski definition) is 1. The van der Waals surface area contributed by atoms with Crippen LogP contribution in [0.25, 0.3) is 11.0 Å². The van der Waals surface area contributed by atoms with Crippen LogP contribution >= 0.6 is 15.9 Å². The van der Waals surface area contributed by atoms with Crippen molar-refractivity contribution < 1.29 is 14.3 Å². The Hall–Kier alpha value is -2.67. The largest absolute Gasteiger partial charge is 0.497 e. The summed E-state index contributed by atoms with van der Waals surface area (Å²) in [7, 11) is 1.61. The number of rotatable bonds is 5. The Morgan fingerprint density at radius 1 is 1.27 bits per heavy atom.